The van der Waals surface area contributed by atoms with Crippen LogP contribution in [0.5, 0.6) is 0 Å². The van der Waals surface area contributed by atoms with Gasteiger partial charge in [-0.15, -0.1) is 0 Å². The van der Waals surface area contributed by atoms with Gasteiger partial charge in [-0.25, -0.2) is 8.78 Å². The average Bonchev–Trinajstić information content (AvgIpc) is 2.04. The van der Waals surface area contributed by atoms with Gasteiger partial charge in [-0.05, 0) is 22.6 Å². The molecule has 13 heavy (non-hydrogen) atoms. The van der Waals surface area contributed by atoms with Gasteiger partial charge in [0.25, 0.3) is 6.43 Å². The lowest BCUT2D eigenvalue weighted by Gasteiger charge is -2.05. The Morgan fingerprint density at radius 2 is 2.23 bits per heavy atom. The van der Waals surface area contributed by atoms with Crippen molar-refractivity contribution in [3.05, 3.63) is 21.0 Å². The van der Waals surface area contributed by atoms with Gasteiger partial charge in [0.05, 0.1) is 21.0 Å². The molecule has 0 aliphatic rings. The van der Waals surface area contributed by atoms with E-state index in [2.05, 4.69) is 4.98 Å². The summed E-state index contributed by atoms with van der Waals surface area (Å²) < 4.78 is 24.6. The number of rotatable bonds is 1. The van der Waals surface area contributed by atoms with Crippen LogP contribution in [0.3, 0.4) is 0 Å². The van der Waals surface area contributed by atoms with Gasteiger partial charge in [-0.1, -0.05) is 0 Å². The van der Waals surface area contributed by atoms with Crippen LogP contribution in [0.4, 0.5) is 14.5 Å². The van der Waals surface area contributed by atoms with Gasteiger partial charge in [0.15, 0.2) is 0 Å². The van der Waals surface area contributed by atoms with E-state index in [1.807, 2.05) is 0 Å². The summed E-state index contributed by atoms with van der Waals surface area (Å²) in [5.41, 5.74) is 5.15. The summed E-state index contributed by atoms with van der Waals surface area (Å²) in [6.07, 6.45) is -1.61. The van der Waals surface area contributed by atoms with E-state index in [4.69, 9.17) is 11.0 Å². The smallest absolute Gasteiger partial charge is 0.281 e. The summed E-state index contributed by atoms with van der Waals surface area (Å²) in [5.74, 6) is 0. The molecule has 0 unspecified atom stereocenters. The molecule has 0 amide bonds. The van der Waals surface area contributed by atoms with E-state index in [-0.39, 0.29) is 14.8 Å². The number of alkyl halides is 2. The van der Waals surface area contributed by atoms with Crippen LogP contribution in [0.25, 0.3) is 0 Å². The highest BCUT2D eigenvalue weighted by atomic mass is 127. The lowest BCUT2D eigenvalue weighted by atomic mass is 10.2. The van der Waals surface area contributed by atoms with E-state index in [0.29, 0.717) is 0 Å². The van der Waals surface area contributed by atoms with E-state index in [1.54, 1.807) is 28.7 Å². The van der Waals surface area contributed by atoms with Crippen LogP contribution < -0.4 is 5.73 Å². The normalized spacial score (nSPS) is 10.1. The number of nitrogen functional groups attached to an aromatic ring is 1. The number of nitriles is 1. The summed E-state index contributed by atoms with van der Waals surface area (Å²) in [4.78, 5) is 3.45. The first-order valence-electron chi connectivity index (χ1n) is 3.20. The summed E-state index contributed by atoms with van der Waals surface area (Å²) in [5, 5.41) is 8.60. The van der Waals surface area contributed by atoms with Crippen LogP contribution in [0.2, 0.25) is 0 Å². The number of anilines is 1. The van der Waals surface area contributed by atoms with E-state index in [9.17, 15) is 8.78 Å². The number of hydrogen-bond acceptors (Lipinski definition) is 3. The number of halogens is 3. The molecule has 1 heterocycles. The number of aromatic nitrogens is 1. The molecule has 3 nitrogen and oxygen atoms in total. The van der Waals surface area contributed by atoms with Crippen molar-refractivity contribution in [3.8, 4) is 6.07 Å². The SMILES string of the molecule is N#Cc1c(N)cnc(C(F)F)c1I. The molecule has 0 radical (unpaired) electrons. The molecule has 0 saturated heterocycles. The van der Waals surface area contributed by atoms with Gasteiger partial charge in [-0.2, -0.15) is 5.26 Å². The molecule has 0 aliphatic heterocycles. The van der Waals surface area contributed by atoms with Gasteiger partial charge >= 0.3 is 0 Å². The number of hydrogen-bond donors (Lipinski definition) is 1. The molecule has 6 heteroatoms. The molecule has 0 fully saturated rings. The molecule has 0 spiro atoms. The third kappa shape index (κ3) is 1.85. The highest BCUT2D eigenvalue weighted by molar-refractivity contribution is 14.1. The van der Waals surface area contributed by atoms with E-state index >= 15 is 0 Å². The Hall–Kier alpha value is -0.970. The fourth-order valence-corrected chi connectivity index (χ4v) is 1.59. The molecule has 68 valence electrons. The third-order valence-corrected chi connectivity index (χ3v) is 2.49. The largest absolute Gasteiger partial charge is 0.396 e. The second-order valence-corrected chi connectivity index (χ2v) is 3.28. The molecule has 0 aliphatic carbocycles. The molecular formula is C7H4F2IN3. The maximum absolute atomic E-state index is 12.3. The first kappa shape index (κ1) is 10.1. The number of nitrogens with two attached hydrogens (primary N) is 1. The predicted molar refractivity (Wildman–Crippen MR) is 51.0 cm³/mol. The number of nitrogens with zero attached hydrogens (tertiary/aromatic N) is 2. The Morgan fingerprint density at radius 1 is 1.62 bits per heavy atom. The number of pyridine rings is 1. The topological polar surface area (TPSA) is 62.7 Å². The van der Waals surface area contributed by atoms with Gasteiger partial charge < -0.3 is 5.73 Å². The van der Waals surface area contributed by atoms with Crippen molar-refractivity contribution in [2.75, 3.05) is 5.73 Å². The van der Waals surface area contributed by atoms with Crippen molar-refractivity contribution < 1.29 is 8.78 Å². The quantitative estimate of drug-likeness (QED) is 0.807. The Balaban J connectivity index is 3.38. The zero-order valence-corrected chi connectivity index (χ0v) is 8.42. The van der Waals surface area contributed by atoms with Crippen LogP contribution in [-0.4, -0.2) is 4.98 Å². The summed E-state index contributed by atoms with van der Waals surface area (Å²) >= 11 is 1.64. The molecule has 0 bridgehead atoms. The lowest BCUT2D eigenvalue weighted by Crippen LogP contribution is -2.01. The minimum atomic E-state index is -2.68. The van der Waals surface area contributed by atoms with Crippen molar-refractivity contribution in [1.29, 1.82) is 5.26 Å². The minimum absolute atomic E-state index is 0.0610. The Bertz CT molecular complexity index is 373. The van der Waals surface area contributed by atoms with Gasteiger partial charge in [-0.3, -0.25) is 4.98 Å². The third-order valence-electron chi connectivity index (χ3n) is 1.39. The monoisotopic (exact) mass is 295 g/mol. The zero-order valence-electron chi connectivity index (χ0n) is 6.26. The van der Waals surface area contributed by atoms with Crippen molar-refractivity contribution in [1.82, 2.24) is 4.98 Å². The maximum Gasteiger partial charge on any atom is 0.281 e. The highest BCUT2D eigenvalue weighted by Gasteiger charge is 2.17. The minimum Gasteiger partial charge on any atom is -0.396 e. The van der Waals surface area contributed by atoms with Crippen LogP contribution in [0.15, 0.2) is 6.20 Å². The highest BCUT2D eigenvalue weighted by Crippen LogP contribution is 2.27. The maximum atomic E-state index is 12.3. The molecule has 0 saturated carbocycles. The molecule has 0 aromatic carbocycles. The molecule has 2 N–H and O–H groups in total. The summed E-state index contributed by atoms with van der Waals surface area (Å²) in [7, 11) is 0. The lowest BCUT2D eigenvalue weighted by molar-refractivity contribution is 0.145. The average molecular weight is 295 g/mol. The Labute approximate surface area is 86.7 Å². The molecule has 0 atom stereocenters. The fourth-order valence-electron chi connectivity index (χ4n) is 0.781. The first-order valence-corrected chi connectivity index (χ1v) is 4.28. The zero-order chi connectivity index (χ0) is 10.0. The standard InChI is InChI=1S/C7H4F2IN3/c8-7(9)6-5(10)3(1-11)4(12)2-13-6/h2,7H,12H2. The molecule has 1 aromatic rings. The van der Waals surface area contributed by atoms with Gasteiger partial charge in [0.2, 0.25) is 0 Å². The molecule has 1 rings (SSSR count). The second-order valence-electron chi connectivity index (χ2n) is 2.20. The van der Waals surface area contributed by atoms with Crippen LogP contribution >= 0.6 is 22.6 Å². The second kappa shape index (κ2) is 3.83. The fraction of sp³-hybridized carbons (Fsp3) is 0.143. The predicted octanol–water partition coefficient (Wildman–Crippen LogP) is 2.08. The van der Waals surface area contributed by atoms with Crippen molar-refractivity contribution in [2.24, 2.45) is 0 Å². The Kier molecular flexibility index (Phi) is 2.98. The van der Waals surface area contributed by atoms with Crippen LogP contribution in [0.1, 0.15) is 17.7 Å². The van der Waals surface area contributed by atoms with Crippen LogP contribution in [0, 0.1) is 14.9 Å². The first-order chi connectivity index (χ1) is 6.07. The van der Waals surface area contributed by atoms with Gasteiger partial charge in [0.1, 0.15) is 11.8 Å². The summed E-state index contributed by atoms with van der Waals surface area (Å²) in [6.45, 7) is 0. The van der Waals surface area contributed by atoms with Crippen molar-refractivity contribution in [3.63, 3.8) is 0 Å². The van der Waals surface area contributed by atoms with E-state index in [0.717, 1.165) is 6.20 Å². The van der Waals surface area contributed by atoms with Crippen molar-refractivity contribution >= 4 is 28.3 Å². The molecular weight excluding hydrogens is 291 g/mol. The van der Waals surface area contributed by atoms with E-state index in [1.165, 1.54) is 0 Å². The van der Waals surface area contributed by atoms with Gasteiger partial charge in [0, 0.05) is 0 Å². The molecule has 1 aromatic heterocycles. The van der Waals surface area contributed by atoms with Crippen molar-refractivity contribution in [2.45, 2.75) is 6.43 Å². The van der Waals surface area contributed by atoms with Crippen LogP contribution in [-0.2, 0) is 0 Å². The summed E-state index contributed by atoms with van der Waals surface area (Å²) in [6, 6.07) is 1.75. The Morgan fingerprint density at radius 3 is 2.69 bits per heavy atom. The van der Waals surface area contributed by atoms with E-state index < -0.39 is 12.1 Å².